The van der Waals surface area contributed by atoms with Crippen LogP contribution in [-0.4, -0.2) is 24.6 Å². The minimum atomic E-state index is 0.000807. The molecule has 7 rings (SSSR count). The molecule has 0 aliphatic heterocycles. The number of benzene rings is 4. The number of H-pyrrole nitrogens is 1. The third-order valence-electron chi connectivity index (χ3n) is 7.86. The number of para-hydroxylation sites is 2. The maximum Gasteiger partial charge on any atom is 0.143 e. The number of phenols is 1. The molecule has 0 unspecified atom stereocenters. The largest absolute Gasteiger partial charge is 0.506 e. The van der Waals surface area contributed by atoms with Gasteiger partial charge in [0.25, 0.3) is 0 Å². The van der Waals surface area contributed by atoms with Crippen LogP contribution in [0.3, 0.4) is 0 Å². The third kappa shape index (κ3) is 3.77. The van der Waals surface area contributed by atoms with Crippen LogP contribution in [-0.2, 0) is 12.5 Å². The lowest BCUT2D eigenvalue weighted by atomic mass is 9.85. The molecule has 0 fully saturated rings. The van der Waals surface area contributed by atoms with Crippen LogP contribution in [0.1, 0.15) is 26.3 Å². The number of hydrogen-bond acceptors (Lipinski definition) is 3. The van der Waals surface area contributed by atoms with Crippen molar-refractivity contribution in [3.63, 3.8) is 0 Å². The van der Waals surface area contributed by atoms with E-state index in [1.165, 1.54) is 10.9 Å². The van der Waals surface area contributed by atoms with Crippen molar-refractivity contribution in [2.24, 2.45) is 7.05 Å². The number of aromatic nitrogens is 4. The molecule has 0 saturated carbocycles. The maximum atomic E-state index is 10.8. The molecule has 7 aromatic rings. The van der Waals surface area contributed by atoms with E-state index >= 15 is 0 Å². The molecule has 0 saturated heterocycles. The Morgan fingerprint density at radius 3 is 2.35 bits per heavy atom. The smallest absolute Gasteiger partial charge is 0.143 e. The summed E-state index contributed by atoms with van der Waals surface area (Å²) in [5, 5.41) is 12.9. The van der Waals surface area contributed by atoms with Gasteiger partial charge in [-0.2, -0.15) is 0 Å². The number of phenolic OH excluding ortho intramolecular Hbond substituents is 1. The van der Waals surface area contributed by atoms with Crippen LogP contribution in [0.25, 0.3) is 66.6 Å². The zero-order valence-corrected chi connectivity index (χ0v) is 23.0. The van der Waals surface area contributed by atoms with Crippen molar-refractivity contribution in [1.29, 1.82) is 0 Å². The SMILES string of the molecule is Cn1c(-c2cc(C(C)(C)C)cc3cc[nH]c23)nc2c(-c3cc(-c4ccccc4)c4cccc(O)c4n3)cccc21. The zero-order chi connectivity index (χ0) is 27.6. The van der Waals surface area contributed by atoms with Gasteiger partial charge < -0.3 is 14.7 Å². The van der Waals surface area contributed by atoms with Gasteiger partial charge in [-0.1, -0.05) is 75.4 Å². The Morgan fingerprint density at radius 2 is 1.55 bits per heavy atom. The molecule has 196 valence electrons. The van der Waals surface area contributed by atoms with Gasteiger partial charge in [0, 0.05) is 35.1 Å². The third-order valence-corrected chi connectivity index (χ3v) is 7.86. The number of pyridine rings is 1. The number of fused-ring (bicyclic) bond motifs is 3. The second-order valence-corrected chi connectivity index (χ2v) is 11.5. The first-order valence-electron chi connectivity index (χ1n) is 13.6. The molecule has 0 aliphatic rings. The van der Waals surface area contributed by atoms with E-state index in [-0.39, 0.29) is 11.2 Å². The standard InChI is InChI=1S/C35H30N4O/c1-35(2,3)23-18-22-16-17-36-31(22)27(19-23)34-38-32-25(13-8-14-29(32)39(34)4)28-20-26(21-10-6-5-7-11-21)24-12-9-15-30(40)33(24)37-28/h5-20,36,40H,1-4H3. The minimum absolute atomic E-state index is 0.000807. The highest BCUT2D eigenvalue weighted by Gasteiger charge is 2.22. The average Bonchev–Trinajstić information content (AvgIpc) is 3.57. The Labute approximate surface area is 232 Å². The number of aromatic amines is 1. The Morgan fingerprint density at radius 1 is 0.750 bits per heavy atom. The van der Waals surface area contributed by atoms with E-state index in [1.807, 2.05) is 36.5 Å². The summed E-state index contributed by atoms with van der Waals surface area (Å²) in [6.45, 7) is 6.72. The van der Waals surface area contributed by atoms with Gasteiger partial charge in [0.15, 0.2) is 0 Å². The van der Waals surface area contributed by atoms with Crippen LogP contribution in [0.4, 0.5) is 0 Å². The molecule has 3 aromatic heterocycles. The first kappa shape index (κ1) is 24.2. The molecule has 2 N–H and O–H groups in total. The van der Waals surface area contributed by atoms with Crippen LogP contribution in [0.5, 0.6) is 5.75 Å². The summed E-state index contributed by atoms with van der Waals surface area (Å²) in [6, 6.07) is 30.8. The Bertz CT molecular complexity index is 2060. The van der Waals surface area contributed by atoms with Crippen LogP contribution < -0.4 is 0 Å². The number of nitrogens with zero attached hydrogens (tertiary/aromatic N) is 3. The van der Waals surface area contributed by atoms with E-state index in [0.29, 0.717) is 5.52 Å². The lowest BCUT2D eigenvalue weighted by Crippen LogP contribution is -2.11. The first-order chi connectivity index (χ1) is 19.3. The van der Waals surface area contributed by atoms with E-state index in [4.69, 9.17) is 9.97 Å². The van der Waals surface area contributed by atoms with Crippen LogP contribution in [0.15, 0.2) is 97.2 Å². The fraction of sp³-hybridized carbons (Fsp3) is 0.143. The van der Waals surface area contributed by atoms with Crippen molar-refractivity contribution in [3.05, 3.63) is 103 Å². The van der Waals surface area contributed by atoms with Crippen molar-refractivity contribution in [1.82, 2.24) is 19.5 Å². The van der Waals surface area contributed by atoms with Crippen LogP contribution >= 0.6 is 0 Å². The summed E-state index contributed by atoms with van der Waals surface area (Å²) in [5.74, 6) is 1.06. The molecule has 0 atom stereocenters. The number of aryl methyl sites for hydroxylation is 1. The van der Waals surface area contributed by atoms with Crippen molar-refractivity contribution in [2.45, 2.75) is 26.2 Å². The molecule has 40 heavy (non-hydrogen) atoms. The van der Waals surface area contributed by atoms with Crippen LogP contribution in [0.2, 0.25) is 0 Å². The molecule has 0 radical (unpaired) electrons. The first-order valence-corrected chi connectivity index (χ1v) is 13.6. The lowest BCUT2D eigenvalue weighted by Gasteiger charge is -2.20. The van der Waals surface area contributed by atoms with Gasteiger partial charge in [-0.25, -0.2) is 9.97 Å². The predicted octanol–water partition coefficient (Wildman–Crippen LogP) is 8.61. The fourth-order valence-electron chi connectivity index (χ4n) is 5.67. The van der Waals surface area contributed by atoms with Gasteiger partial charge in [0.05, 0.1) is 22.2 Å². The van der Waals surface area contributed by atoms with E-state index in [9.17, 15) is 5.11 Å². The molecule has 4 aromatic carbocycles. The normalized spacial score (nSPS) is 12.1. The zero-order valence-electron chi connectivity index (χ0n) is 23.0. The van der Waals surface area contributed by atoms with E-state index in [0.717, 1.165) is 55.7 Å². The van der Waals surface area contributed by atoms with E-state index in [2.05, 4.69) is 92.0 Å². The molecule has 0 bridgehead atoms. The topological polar surface area (TPSA) is 66.7 Å². The number of hydrogen-bond donors (Lipinski definition) is 2. The Balaban J connectivity index is 1.50. The quantitative estimate of drug-likeness (QED) is 0.244. The highest BCUT2D eigenvalue weighted by Crippen LogP contribution is 2.39. The second-order valence-electron chi connectivity index (χ2n) is 11.5. The molecule has 3 heterocycles. The Kier molecular flexibility index (Phi) is 5.33. The highest BCUT2D eigenvalue weighted by atomic mass is 16.3. The van der Waals surface area contributed by atoms with Gasteiger partial charge >= 0.3 is 0 Å². The molecule has 5 heteroatoms. The number of nitrogens with one attached hydrogen (secondary N) is 1. The maximum absolute atomic E-state index is 10.8. The minimum Gasteiger partial charge on any atom is -0.506 e. The van der Waals surface area contributed by atoms with Crippen molar-refractivity contribution >= 4 is 32.8 Å². The van der Waals surface area contributed by atoms with Gasteiger partial charge in [0.1, 0.15) is 17.1 Å². The molecular weight excluding hydrogens is 492 g/mol. The van der Waals surface area contributed by atoms with Gasteiger partial charge in [-0.3, -0.25) is 0 Å². The fourth-order valence-corrected chi connectivity index (χ4v) is 5.67. The summed E-state index contributed by atoms with van der Waals surface area (Å²) >= 11 is 0. The summed E-state index contributed by atoms with van der Waals surface area (Å²) in [4.78, 5) is 13.7. The summed E-state index contributed by atoms with van der Waals surface area (Å²) < 4.78 is 2.16. The number of imidazole rings is 1. The van der Waals surface area contributed by atoms with Gasteiger partial charge in [0.2, 0.25) is 0 Å². The molecule has 0 spiro atoms. The average molecular weight is 523 g/mol. The van der Waals surface area contributed by atoms with Crippen molar-refractivity contribution in [3.8, 4) is 39.5 Å². The lowest BCUT2D eigenvalue weighted by molar-refractivity contribution is 0.480. The number of rotatable bonds is 3. The van der Waals surface area contributed by atoms with E-state index < -0.39 is 0 Å². The summed E-state index contributed by atoms with van der Waals surface area (Å²) in [5.41, 5.74) is 9.70. The molecule has 0 aliphatic carbocycles. The molecular formula is C35H30N4O. The monoisotopic (exact) mass is 522 g/mol. The number of aromatic hydroxyl groups is 1. The van der Waals surface area contributed by atoms with Gasteiger partial charge in [-0.15, -0.1) is 0 Å². The second kappa shape index (κ2) is 8.82. The molecule has 0 amide bonds. The van der Waals surface area contributed by atoms with Gasteiger partial charge in [-0.05, 0) is 58.5 Å². The summed E-state index contributed by atoms with van der Waals surface area (Å²) in [6.07, 6.45) is 1.99. The van der Waals surface area contributed by atoms with Crippen molar-refractivity contribution < 1.29 is 5.11 Å². The van der Waals surface area contributed by atoms with E-state index in [1.54, 1.807) is 6.07 Å². The predicted molar refractivity (Wildman–Crippen MR) is 165 cm³/mol. The molecule has 5 nitrogen and oxygen atoms in total. The Hall–Kier alpha value is -4.90. The highest BCUT2D eigenvalue weighted by molar-refractivity contribution is 6.02. The summed E-state index contributed by atoms with van der Waals surface area (Å²) in [7, 11) is 2.07. The van der Waals surface area contributed by atoms with Crippen LogP contribution in [0, 0.1) is 0 Å². The van der Waals surface area contributed by atoms with Crippen molar-refractivity contribution in [2.75, 3.05) is 0 Å².